The van der Waals surface area contributed by atoms with Gasteiger partial charge in [-0.15, -0.1) is 11.8 Å². The van der Waals surface area contributed by atoms with Crippen LogP contribution in [-0.4, -0.2) is 11.7 Å². The number of rotatable bonds is 4. The zero-order valence-electron chi connectivity index (χ0n) is 7.78. The fourth-order valence-corrected chi connectivity index (χ4v) is 1.93. The highest BCUT2D eigenvalue weighted by molar-refractivity contribution is 8.00. The molecule has 0 bridgehead atoms. The van der Waals surface area contributed by atoms with E-state index in [-0.39, 0.29) is 0 Å². The Morgan fingerprint density at radius 2 is 2.08 bits per heavy atom. The molecule has 0 fully saturated rings. The van der Waals surface area contributed by atoms with E-state index in [9.17, 15) is 4.79 Å². The largest absolute Gasteiger partial charge is 0.328 e. The van der Waals surface area contributed by atoms with Crippen molar-refractivity contribution in [3.8, 4) is 0 Å². The van der Waals surface area contributed by atoms with Crippen LogP contribution in [0.15, 0.2) is 29.2 Å². The van der Waals surface area contributed by atoms with Crippen molar-refractivity contribution in [2.75, 3.05) is 5.32 Å². The van der Waals surface area contributed by atoms with Gasteiger partial charge in [-0.2, -0.15) is 0 Å². The number of carbonyl (C=O) groups is 1. The van der Waals surface area contributed by atoms with Gasteiger partial charge >= 0.3 is 0 Å². The van der Waals surface area contributed by atoms with Crippen LogP contribution in [0.3, 0.4) is 0 Å². The fraction of sp³-hybridized carbons (Fsp3) is 0.300. The van der Waals surface area contributed by atoms with Crippen LogP contribution < -0.4 is 5.32 Å². The Bertz CT molecular complexity index is 286. The molecule has 0 heterocycles. The van der Waals surface area contributed by atoms with Crippen LogP contribution in [0, 0.1) is 0 Å². The summed E-state index contributed by atoms with van der Waals surface area (Å²) in [6.45, 7) is 4.25. The second kappa shape index (κ2) is 4.92. The number of hydrogen-bond donors (Lipinski definition) is 1. The van der Waals surface area contributed by atoms with Gasteiger partial charge in [-0.25, -0.2) is 0 Å². The molecule has 1 amide bonds. The molecule has 0 aliphatic carbocycles. The summed E-state index contributed by atoms with van der Waals surface area (Å²) < 4.78 is 0. The summed E-state index contributed by atoms with van der Waals surface area (Å²) in [7, 11) is 0. The number of anilines is 1. The standard InChI is InChI=1S/C10H13NOS/c1-8(2)13-10-6-4-3-5-9(10)11-7-12/h3-8H,1-2H3,(H,11,12). The van der Waals surface area contributed by atoms with Gasteiger partial charge in [-0.1, -0.05) is 26.0 Å². The van der Waals surface area contributed by atoms with Crippen molar-refractivity contribution in [1.82, 2.24) is 0 Å². The van der Waals surface area contributed by atoms with E-state index in [1.807, 2.05) is 24.3 Å². The number of carbonyl (C=O) groups excluding carboxylic acids is 1. The smallest absolute Gasteiger partial charge is 0.211 e. The van der Waals surface area contributed by atoms with Crippen molar-refractivity contribution in [3.63, 3.8) is 0 Å². The first-order chi connectivity index (χ1) is 6.24. The van der Waals surface area contributed by atoms with E-state index in [0.717, 1.165) is 10.6 Å². The monoisotopic (exact) mass is 195 g/mol. The van der Waals surface area contributed by atoms with Gasteiger partial charge in [-0.3, -0.25) is 4.79 Å². The second-order valence-corrected chi connectivity index (χ2v) is 4.54. The third-order valence-corrected chi connectivity index (χ3v) is 2.55. The topological polar surface area (TPSA) is 29.1 Å². The maximum absolute atomic E-state index is 10.3. The average molecular weight is 195 g/mol. The maximum Gasteiger partial charge on any atom is 0.211 e. The van der Waals surface area contributed by atoms with Gasteiger partial charge in [0.25, 0.3) is 0 Å². The first-order valence-corrected chi connectivity index (χ1v) is 5.08. The minimum Gasteiger partial charge on any atom is -0.328 e. The molecule has 0 unspecified atom stereocenters. The zero-order chi connectivity index (χ0) is 9.68. The molecule has 0 aromatic heterocycles. The first-order valence-electron chi connectivity index (χ1n) is 4.20. The predicted octanol–water partition coefficient (Wildman–Crippen LogP) is 2.76. The highest BCUT2D eigenvalue weighted by Crippen LogP contribution is 2.29. The fourth-order valence-electron chi connectivity index (χ4n) is 1.01. The molecule has 0 spiro atoms. The number of hydrogen-bond acceptors (Lipinski definition) is 2. The Morgan fingerprint density at radius 1 is 1.38 bits per heavy atom. The number of benzene rings is 1. The van der Waals surface area contributed by atoms with E-state index in [0.29, 0.717) is 11.7 Å². The minimum atomic E-state index is 0.523. The minimum absolute atomic E-state index is 0.523. The summed E-state index contributed by atoms with van der Waals surface area (Å²) in [6, 6.07) is 7.80. The third-order valence-electron chi connectivity index (χ3n) is 1.46. The maximum atomic E-state index is 10.3. The number of amides is 1. The second-order valence-electron chi connectivity index (χ2n) is 2.92. The molecule has 1 aromatic carbocycles. The molecule has 0 saturated carbocycles. The van der Waals surface area contributed by atoms with E-state index >= 15 is 0 Å². The van der Waals surface area contributed by atoms with Gasteiger partial charge in [-0.05, 0) is 12.1 Å². The zero-order valence-corrected chi connectivity index (χ0v) is 8.60. The van der Waals surface area contributed by atoms with Crippen molar-refractivity contribution in [3.05, 3.63) is 24.3 Å². The molecule has 0 atom stereocenters. The lowest BCUT2D eigenvalue weighted by molar-refractivity contribution is -0.105. The lowest BCUT2D eigenvalue weighted by atomic mass is 10.3. The lowest BCUT2D eigenvalue weighted by Crippen LogP contribution is -1.96. The van der Waals surface area contributed by atoms with Crippen LogP contribution in [0.1, 0.15) is 13.8 Å². The van der Waals surface area contributed by atoms with Crippen LogP contribution in [-0.2, 0) is 4.79 Å². The van der Waals surface area contributed by atoms with Crippen LogP contribution >= 0.6 is 11.8 Å². The molecular formula is C10H13NOS. The Hall–Kier alpha value is -0.960. The first kappa shape index (κ1) is 10.1. The average Bonchev–Trinajstić information content (AvgIpc) is 2.08. The Kier molecular flexibility index (Phi) is 3.83. The molecule has 3 heteroatoms. The summed E-state index contributed by atoms with van der Waals surface area (Å²) in [5.41, 5.74) is 0.885. The van der Waals surface area contributed by atoms with Gasteiger partial charge in [0.2, 0.25) is 6.41 Å². The Balaban J connectivity index is 2.83. The third kappa shape index (κ3) is 3.11. The normalized spacial score (nSPS) is 10.1. The summed E-state index contributed by atoms with van der Waals surface area (Å²) in [6.07, 6.45) is 0.708. The molecule has 1 N–H and O–H groups in total. The highest BCUT2D eigenvalue weighted by atomic mass is 32.2. The van der Waals surface area contributed by atoms with E-state index < -0.39 is 0 Å². The van der Waals surface area contributed by atoms with Crippen LogP contribution in [0.5, 0.6) is 0 Å². The summed E-state index contributed by atoms with van der Waals surface area (Å²) in [4.78, 5) is 11.4. The van der Waals surface area contributed by atoms with Crippen molar-refractivity contribution in [1.29, 1.82) is 0 Å². The van der Waals surface area contributed by atoms with Crippen LogP contribution in [0.2, 0.25) is 0 Å². The van der Waals surface area contributed by atoms with Crippen molar-refractivity contribution >= 4 is 23.9 Å². The number of thioether (sulfide) groups is 1. The predicted molar refractivity (Wildman–Crippen MR) is 57.1 cm³/mol. The van der Waals surface area contributed by atoms with Gasteiger partial charge in [0.05, 0.1) is 5.69 Å². The molecule has 0 radical (unpaired) electrons. The van der Waals surface area contributed by atoms with Crippen LogP contribution in [0.25, 0.3) is 0 Å². The van der Waals surface area contributed by atoms with Crippen molar-refractivity contribution in [2.45, 2.75) is 24.0 Å². The highest BCUT2D eigenvalue weighted by Gasteiger charge is 2.02. The molecule has 0 aliphatic rings. The van der Waals surface area contributed by atoms with Gasteiger partial charge in [0.1, 0.15) is 0 Å². The Morgan fingerprint density at radius 3 is 2.69 bits per heavy atom. The summed E-state index contributed by atoms with van der Waals surface area (Å²) in [5, 5.41) is 3.20. The van der Waals surface area contributed by atoms with Gasteiger partial charge < -0.3 is 5.32 Å². The molecule has 13 heavy (non-hydrogen) atoms. The molecular weight excluding hydrogens is 182 g/mol. The van der Waals surface area contributed by atoms with Gasteiger partial charge in [0, 0.05) is 10.1 Å². The molecule has 70 valence electrons. The van der Waals surface area contributed by atoms with E-state index in [1.165, 1.54) is 0 Å². The number of para-hydroxylation sites is 1. The van der Waals surface area contributed by atoms with Crippen molar-refractivity contribution in [2.24, 2.45) is 0 Å². The molecule has 1 aromatic rings. The van der Waals surface area contributed by atoms with E-state index in [2.05, 4.69) is 19.2 Å². The molecule has 2 nitrogen and oxygen atoms in total. The SMILES string of the molecule is CC(C)Sc1ccccc1NC=O. The Labute approximate surface area is 82.7 Å². The van der Waals surface area contributed by atoms with Crippen molar-refractivity contribution < 1.29 is 4.79 Å². The van der Waals surface area contributed by atoms with Crippen LogP contribution in [0.4, 0.5) is 5.69 Å². The summed E-state index contributed by atoms with van der Waals surface area (Å²) in [5.74, 6) is 0. The van der Waals surface area contributed by atoms with Gasteiger partial charge in [0.15, 0.2) is 0 Å². The van der Waals surface area contributed by atoms with E-state index in [1.54, 1.807) is 11.8 Å². The molecule has 0 aliphatic heterocycles. The quantitative estimate of drug-likeness (QED) is 0.591. The number of nitrogens with one attached hydrogen (secondary N) is 1. The molecule has 1 rings (SSSR count). The summed E-state index contributed by atoms with van der Waals surface area (Å²) >= 11 is 1.74. The van der Waals surface area contributed by atoms with E-state index in [4.69, 9.17) is 0 Å². The molecule has 0 saturated heterocycles. The lowest BCUT2D eigenvalue weighted by Gasteiger charge is -2.09.